The molecule has 0 saturated carbocycles. The van der Waals surface area contributed by atoms with Gasteiger partial charge in [0, 0.05) is 18.8 Å². The van der Waals surface area contributed by atoms with E-state index in [1.54, 1.807) is 24.1 Å². The van der Waals surface area contributed by atoms with Gasteiger partial charge in [0.15, 0.2) is 16.7 Å². The monoisotopic (exact) mass is 267 g/mol. The number of nitrogen functional groups attached to an aromatic ring is 1. The molecule has 0 radical (unpaired) electrons. The summed E-state index contributed by atoms with van der Waals surface area (Å²) in [6.07, 6.45) is 3.29. The number of anilines is 1. The molecule has 2 aromatic rings. The maximum Gasteiger partial charge on any atom is 0.360 e. The van der Waals surface area contributed by atoms with Crippen molar-refractivity contribution in [1.82, 2.24) is 19.7 Å². The molecule has 8 heteroatoms. The van der Waals surface area contributed by atoms with Crippen molar-refractivity contribution >= 4 is 23.4 Å². The Morgan fingerprint density at radius 2 is 2.22 bits per heavy atom. The molecular formula is C10H10ClN5O2. The molecule has 0 atom stereocenters. The molecule has 0 aliphatic heterocycles. The number of nitrogens with two attached hydrogens (primary N) is 1. The fourth-order valence-corrected chi connectivity index (χ4v) is 1.64. The number of halogens is 1. The second-order valence-corrected chi connectivity index (χ2v) is 3.85. The second-order valence-electron chi connectivity index (χ2n) is 3.49. The van der Waals surface area contributed by atoms with E-state index in [1.165, 1.54) is 7.11 Å². The summed E-state index contributed by atoms with van der Waals surface area (Å²) in [5, 5.41) is 4.06. The first-order chi connectivity index (χ1) is 8.52. The van der Waals surface area contributed by atoms with Gasteiger partial charge >= 0.3 is 5.97 Å². The van der Waals surface area contributed by atoms with Crippen LogP contribution in [0.25, 0.3) is 11.3 Å². The number of carbonyl (C=O) groups excluding carboxylic acids is 1. The van der Waals surface area contributed by atoms with E-state index in [1.807, 2.05) is 0 Å². The molecule has 2 rings (SSSR count). The Balaban J connectivity index is 2.52. The lowest BCUT2D eigenvalue weighted by Crippen LogP contribution is -2.11. The second kappa shape index (κ2) is 4.61. The summed E-state index contributed by atoms with van der Waals surface area (Å²) in [7, 11) is 2.99. The van der Waals surface area contributed by atoms with Crippen molar-refractivity contribution in [3.8, 4) is 11.3 Å². The highest BCUT2D eigenvalue weighted by molar-refractivity contribution is 6.32. The SMILES string of the molecule is COC(=O)c1nc(Cl)c(-c2cnn(C)c2)nc1N. The van der Waals surface area contributed by atoms with Crippen molar-refractivity contribution in [3.05, 3.63) is 23.2 Å². The predicted molar refractivity (Wildman–Crippen MR) is 65.0 cm³/mol. The van der Waals surface area contributed by atoms with Crippen LogP contribution >= 0.6 is 11.6 Å². The summed E-state index contributed by atoms with van der Waals surface area (Å²) >= 11 is 5.97. The molecule has 2 N–H and O–H groups in total. The first kappa shape index (κ1) is 12.3. The molecule has 0 spiro atoms. The van der Waals surface area contributed by atoms with Crippen LogP contribution in [0.4, 0.5) is 5.82 Å². The van der Waals surface area contributed by atoms with Gasteiger partial charge in [0.05, 0.1) is 13.3 Å². The van der Waals surface area contributed by atoms with Gasteiger partial charge in [0.25, 0.3) is 0 Å². The number of methoxy groups -OCH3 is 1. The Hall–Kier alpha value is -2.15. The molecule has 0 aliphatic rings. The zero-order valence-electron chi connectivity index (χ0n) is 9.72. The van der Waals surface area contributed by atoms with E-state index in [-0.39, 0.29) is 16.7 Å². The van der Waals surface area contributed by atoms with Gasteiger partial charge in [0.2, 0.25) is 0 Å². The predicted octanol–water partition coefficient (Wildman–Crippen LogP) is 0.899. The minimum absolute atomic E-state index is 0.0369. The summed E-state index contributed by atoms with van der Waals surface area (Å²) in [6, 6.07) is 0. The third-order valence-electron chi connectivity index (χ3n) is 2.24. The molecule has 0 unspecified atom stereocenters. The minimum atomic E-state index is -0.681. The minimum Gasteiger partial charge on any atom is -0.464 e. The van der Waals surface area contributed by atoms with Crippen molar-refractivity contribution in [2.45, 2.75) is 0 Å². The van der Waals surface area contributed by atoms with Gasteiger partial charge in [-0.15, -0.1) is 0 Å². The fraction of sp³-hybridized carbons (Fsp3) is 0.200. The molecular weight excluding hydrogens is 258 g/mol. The number of hydrogen-bond donors (Lipinski definition) is 1. The third-order valence-corrected chi connectivity index (χ3v) is 2.50. The van der Waals surface area contributed by atoms with Crippen LogP contribution in [0.1, 0.15) is 10.5 Å². The van der Waals surface area contributed by atoms with Crippen LogP contribution in [0.3, 0.4) is 0 Å². The van der Waals surface area contributed by atoms with Crippen molar-refractivity contribution in [3.63, 3.8) is 0 Å². The number of aromatic nitrogens is 4. The highest BCUT2D eigenvalue weighted by atomic mass is 35.5. The number of rotatable bonds is 2. The summed E-state index contributed by atoms with van der Waals surface area (Å²) < 4.78 is 6.12. The standard InChI is InChI=1S/C10H10ClN5O2/c1-16-4-5(3-13-16)6-8(11)14-7(9(12)15-6)10(17)18-2/h3-4H,1-2H3,(H2,12,15). The van der Waals surface area contributed by atoms with Crippen LogP contribution in [-0.2, 0) is 11.8 Å². The topological polar surface area (TPSA) is 95.9 Å². The molecule has 0 saturated heterocycles. The fourth-order valence-electron chi connectivity index (χ4n) is 1.40. The Kier molecular flexibility index (Phi) is 3.15. The van der Waals surface area contributed by atoms with E-state index in [9.17, 15) is 4.79 Å². The number of carbonyl (C=O) groups is 1. The normalized spacial score (nSPS) is 10.4. The Bertz CT molecular complexity index is 610. The molecule has 18 heavy (non-hydrogen) atoms. The molecule has 0 aromatic carbocycles. The smallest absolute Gasteiger partial charge is 0.360 e. The van der Waals surface area contributed by atoms with Gasteiger partial charge < -0.3 is 10.5 Å². The first-order valence-electron chi connectivity index (χ1n) is 4.93. The van der Waals surface area contributed by atoms with Gasteiger partial charge in [-0.2, -0.15) is 5.10 Å². The quantitative estimate of drug-likeness (QED) is 0.812. The molecule has 7 nitrogen and oxygen atoms in total. The van der Waals surface area contributed by atoms with Gasteiger partial charge in [-0.05, 0) is 0 Å². The van der Waals surface area contributed by atoms with Crippen molar-refractivity contribution in [2.24, 2.45) is 7.05 Å². The van der Waals surface area contributed by atoms with Crippen LogP contribution in [0, 0.1) is 0 Å². The van der Waals surface area contributed by atoms with Crippen molar-refractivity contribution in [1.29, 1.82) is 0 Å². The summed E-state index contributed by atoms with van der Waals surface area (Å²) in [5.74, 6) is -0.718. The number of aryl methyl sites for hydroxylation is 1. The van der Waals surface area contributed by atoms with Crippen LogP contribution in [0.2, 0.25) is 5.15 Å². The zero-order chi connectivity index (χ0) is 13.3. The number of hydrogen-bond acceptors (Lipinski definition) is 6. The van der Waals surface area contributed by atoms with E-state index < -0.39 is 5.97 Å². The maximum absolute atomic E-state index is 11.4. The molecule has 0 bridgehead atoms. The van der Waals surface area contributed by atoms with E-state index in [0.29, 0.717) is 11.3 Å². The third kappa shape index (κ3) is 2.12. The number of ether oxygens (including phenoxy) is 1. The van der Waals surface area contributed by atoms with Crippen LogP contribution in [-0.4, -0.2) is 32.8 Å². The molecule has 0 fully saturated rings. The van der Waals surface area contributed by atoms with E-state index in [0.717, 1.165) is 0 Å². The Morgan fingerprint density at radius 1 is 1.50 bits per heavy atom. The number of nitrogens with zero attached hydrogens (tertiary/aromatic N) is 4. The van der Waals surface area contributed by atoms with E-state index >= 15 is 0 Å². The van der Waals surface area contributed by atoms with E-state index in [4.69, 9.17) is 17.3 Å². The Labute approximate surface area is 108 Å². The van der Waals surface area contributed by atoms with Crippen molar-refractivity contribution in [2.75, 3.05) is 12.8 Å². The molecule has 2 aromatic heterocycles. The largest absolute Gasteiger partial charge is 0.464 e. The number of esters is 1. The van der Waals surface area contributed by atoms with Crippen LogP contribution < -0.4 is 5.73 Å². The van der Waals surface area contributed by atoms with Crippen molar-refractivity contribution < 1.29 is 9.53 Å². The van der Waals surface area contributed by atoms with Crippen LogP contribution in [0.15, 0.2) is 12.4 Å². The zero-order valence-corrected chi connectivity index (χ0v) is 10.5. The maximum atomic E-state index is 11.4. The average molecular weight is 268 g/mol. The lowest BCUT2D eigenvalue weighted by molar-refractivity contribution is 0.0595. The highest BCUT2D eigenvalue weighted by Crippen LogP contribution is 2.26. The summed E-state index contributed by atoms with van der Waals surface area (Å²) in [5.41, 5.74) is 6.58. The molecule has 94 valence electrons. The van der Waals surface area contributed by atoms with E-state index in [2.05, 4.69) is 19.8 Å². The molecule has 2 heterocycles. The summed E-state index contributed by atoms with van der Waals surface area (Å²) in [6.45, 7) is 0. The van der Waals surface area contributed by atoms with Gasteiger partial charge in [-0.1, -0.05) is 11.6 Å². The van der Waals surface area contributed by atoms with Gasteiger partial charge in [-0.3, -0.25) is 4.68 Å². The lowest BCUT2D eigenvalue weighted by Gasteiger charge is -2.05. The van der Waals surface area contributed by atoms with Gasteiger partial charge in [-0.25, -0.2) is 14.8 Å². The van der Waals surface area contributed by atoms with Gasteiger partial charge in [0.1, 0.15) is 5.69 Å². The average Bonchev–Trinajstić information content (AvgIpc) is 2.77. The summed E-state index contributed by atoms with van der Waals surface area (Å²) in [4.78, 5) is 19.3. The van der Waals surface area contributed by atoms with Crippen LogP contribution in [0.5, 0.6) is 0 Å². The first-order valence-corrected chi connectivity index (χ1v) is 5.31. The Morgan fingerprint density at radius 3 is 2.78 bits per heavy atom. The molecule has 0 aliphatic carbocycles. The molecule has 0 amide bonds. The highest BCUT2D eigenvalue weighted by Gasteiger charge is 2.18. The lowest BCUT2D eigenvalue weighted by atomic mass is 10.2.